The molecule has 0 radical (unpaired) electrons. The fraction of sp³-hybridized carbons (Fsp3) is 0.259. The van der Waals surface area contributed by atoms with Crippen molar-refractivity contribution in [1.82, 2.24) is 4.90 Å². The number of carbonyl (C=O) groups excluding carboxylic acids is 2. The summed E-state index contributed by atoms with van der Waals surface area (Å²) in [5.41, 5.74) is 2.62. The summed E-state index contributed by atoms with van der Waals surface area (Å²) in [5.74, 6) is -0.524. The van der Waals surface area contributed by atoms with Gasteiger partial charge in [-0.05, 0) is 31.0 Å². The Kier molecular flexibility index (Phi) is 4.12. The molecule has 4 unspecified atom stereocenters. The molecule has 0 aromatic heterocycles. The van der Waals surface area contributed by atoms with Gasteiger partial charge in [-0.25, -0.2) is 0 Å². The largest absolute Gasteiger partial charge is 0.324 e. The molecule has 3 heterocycles. The lowest BCUT2D eigenvalue weighted by Gasteiger charge is -2.36. The average molecular weight is 409 g/mol. The Labute approximate surface area is 181 Å². The Balaban J connectivity index is 1.62. The third kappa shape index (κ3) is 2.45. The van der Waals surface area contributed by atoms with Gasteiger partial charge in [0.05, 0.1) is 5.92 Å². The molecule has 3 aromatic rings. The minimum absolute atomic E-state index is 0.0340. The van der Waals surface area contributed by atoms with Crippen LogP contribution in [0.3, 0.4) is 0 Å². The molecule has 3 aromatic carbocycles. The van der Waals surface area contributed by atoms with Crippen LogP contribution in [0.1, 0.15) is 40.2 Å². The summed E-state index contributed by atoms with van der Waals surface area (Å²) in [4.78, 5) is 30.3. The Bertz CT molecular complexity index is 1160. The van der Waals surface area contributed by atoms with Crippen molar-refractivity contribution in [2.45, 2.75) is 30.3 Å². The number of nitrogens with one attached hydrogen (secondary N) is 1. The summed E-state index contributed by atoms with van der Waals surface area (Å²) in [7, 11) is 0. The van der Waals surface area contributed by atoms with Crippen molar-refractivity contribution in [3.05, 3.63) is 102 Å². The molecule has 4 nitrogen and oxygen atoms in total. The van der Waals surface area contributed by atoms with Crippen LogP contribution < -0.4 is 5.32 Å². The van der Waals surface area contributed by atoms with Gasteiger partial charge in [0.2, 0.25) is 5.91 Å². The number of amides is 1. The molecule has 0 saturated carbocycles. The predicted octanol–water partition coefficient (Wildman–Crippen LogP) is 4.59. The predicted molar refractivity (Wildman–Crippen MR) is 120 cm³/mol. The molecular weight excluding hydrogens is 384 g/mol. The summed E-state index contributed by atoms with van der Waals surface area (Å²) in [5, 5.41) is 3.12. The zero-order valence-corrected chi connectivity index (χ0v) is 17.2. The zero-order valence-electron chi connectivity index (χ0n) is 17.2. The number of Topliss-reactive ketones (excluding diaryl/α,β-unsaturated/α-hetero) is 1. The number of hydrogen-bond donors (Lipinski definition) is 1. The van der Waals surface area contributed by atoms with Crippen LogP contribution in [0.5, 0.6) is 0 Å². The average Bonchev–Trinajstić information content (AvgIpc) is 3.48. The Morgan fingerprint density at radius 2 is 1.58 bits per heavy atom. The summed E-state index contributed by atoms with van der Waals surface area (Å²) >= 11 is 0. The van der Waals surface area contributed by atoms with Crippen LogP contribution >= 0.6 is 0 Å². The number of nitrogens with zero attached hydrogens (tertiary/aromatic N) is 1. The van der Waals surface area contributed by atoms with E-state index < -0.39 is 11.5 Å². The van der Waals surface area contributed by atoms with Gasteiger partial charge in [0, 0.05) is 28.8 Å². The molecule has 154 valence electrons. The number of anilines is 1. The van der Waals surface area contributed by atoms with E-state index in [0.717, 1.165) is 36.2 Å². The van der Waals surface area contributed by atoms with Gasteiger partial charge in [-0.3, -0.25) is 14.5 Å². The molecule has 4 heteroatoms. The Morgan fingerprint density at radius 3 is 2.35 bits per heavy atom. The van der Waals surface area contributed by atoms with Crippen molar-refractivity contribution < 1.29 is 9.59 Å². The van der Waals surface area contributed by atoms with Gasteiger partial charge in [0.15, 0.2) is 5.78 Å². The van der Waals surface area contributed by atoms with E-state index in [1.54, 1.807) is 0 Å². The SMILES string of the molecule is O=C(c1ccccc1)C1C(c2ccccc2)C2CCCN2C12C(=O)Nc1ccccc12. The number of hydrogen-bond acceptors (Lipinski definition) is 3. The standard InChI is InChI=1S/C27H24N2O2/c30-25(19-12-5-2-6-13-19)24-23(18-10-3-1-4-11-18)22-16-9-17-29(22)27(24)20-14-7-8-15-21(20)28-26(27)31/h1-8,10-15,22-24H,9,16-17H2,(H,28,31). The second-order valence-electron chi connectivity index (χ2n) is 8.81. The van der Waals surface area contributed by atoms with E-state index in [0.29, 0.717) is 5.56 Å². The van der Waals surface area contributed by atoms with Crippen LogP contribution in [-0.4, -0.2) is 29.2 Å². The fourth-order valence-corrected chi connectivity index (χ4v) is 6.35. The van der Waals surface area contributed by atoms with E-state index >= 15 is 0 Å². The summed E-state index contributed by atoms with van der Waals surface area (Å²) < 4.78 is 0. The van der Waals surface area contributed by atoms with Gasteiger partial charge in [0.25, 0.3) is 0 Å². The van der Waals surface area contributed by atoms with Crippen LogP contribution in [-0.2, 0) is 10.3 Å². The first-order valence-electron chi connectivity index (χ1n) is 11.0. The summed E-state index contributed by atoms with van der Waals surface area (Å²) in [6.45, 7) is 0.828. The molecule has 1 spiro atoms. The highest BCUT2D eigenvalue weighted by atomic mass is 16.2. The minimum Gasteiger partial charge on any atom is -0.324 e. The summed E-state index contributed by atoms with van der Waals surface area (Å²) in [6, 6.07) is 27.8. The van der Waals surface area contributed by atoms with E-state index in [2.05, 4.69) is 22.3 Å². The number of carbonyl (C=O) groups is 2. The first-order valence-corrected chi connectivity index (χ1v) is 11.0. The van der Waals surface area contributed by atoms with Crippen LogP contribution in [0.2, 0.25) is 0 Å². The van der Waals surface area contributed by atoms with E-state index in [1.165, 1.54) is 0 Å². The van der Waals surface area contributed by atoms with Crippen molar-refractivity contribution in [2.24, 2.45) is 5.92 Å². The van der Waals surface area contributed by atoms with Gasteiger partial charge in [-0.2, -0.15) is 0 Å². The van der Waals surface area contributed by atoms with Gasteiger partial charge < -0.3 is 5.32 Å². The quantitative estimate of drug-likeness (QED) is 0.645. The van der Waals surface area contributed by atoms with Crippen LogP contribution in [0.25, 0.3) is 0 Å². The highest BCUT2D eigenvalue weighted by molar-refractivity contribution is 6.12. The van der Waals surface area contributed by atoms with Crippen molar-refractivity contribution in [2.75, 3.05) is 11.9 Å². The monoisotopic (exact) mass is 408 g/mol. The Morgan fingerprint density at radius 1 is 0.903 bits per heavy atom. The molecule has 4 atom stereocenters. The number of para-hydroxylation sites is 1. The van der Waals surface area contributed by atoms with Gasteiger partial charge in [-0.15, -0.1) is 0 Å². The second-order valence-corrected chi connectivity index (χ2v) is 8.81. The minimum atomic E-state index is -0.967. The zero-order chi connectivity index (χ0) is 21.0. The number of rotatable bonds is 3. The van der Waals surface area contributed by atoms with Crippen molar-refractivity contribution in [1.29, 1.82) is 0 Å². The third-order valence-corrected chi connectivity index (χ3v) is 7.43. The van der Waals surface area contributed by atoms with E-state index in [4.69, 9.17) is 0 Å². The van der Waals surface area contributed by atoms with Crippen molar-refractivity contribution >= 4 is 17.4 Å². The summed E-state index contributed by atoms with van der Waals surface area (Å²) in [6.07, 6.45) is 2.03. The van der Waals surface area contributed by atoms with E-state index in [1.807, 2.05) is 72.8 Å². The molecule has 0 aliphatic carbocycles. The molecule has 1 N–H and O–H groups in total. The molecule has 2 saturated heterocycles. The maximum atomic E-state index is 14.2. The van der Waals surface area contributed by atoms with Gasteiger partial charge in [-0.1, -0.05) is 78.9 Å². The van der Waals surface area contributed by atoms with E-state index in [-0.39, 0.29) is 23.7 Å². The topological polar surface area (TPSA) is 49.4 Å². The van der Waals surface area contributed by atoms with Gasteiger partial charge in [0.1, 0.15) is 5.54 Å². The molecule has 3 aliphatic heterocycles. The molecule has 6 rings (SSSR count). The van der Waals surface area contributed by atoms with Crippen molar-refractivity contribution in [3.63, 3.8) is 0 Å². The molecule has 0 bridgehead atoms. The van der Waals surface area contributed by atoms with Crippen LogP contribution in [0.4, 0.5) is 5.69 Å². The first-order chi connectivity index (χ1) is 15.2. The third-order valence-electron chi connectivity index (χ3n) is 7.43. The second kappa shape index (κ2) is 6.89. The smallest absolute Gasteiger partial charge is 0.250 e. The van der Waals surface area contributed by atoms with Gasteiger partial charge >= 0.3 is 0 Å². The number of ketones is 1. The van der Waals surface area contributed by atoms with Crippen LogP contribution in [0, 0.1) is 5.92 Å². The Hall–Kier alpha value is -3.24. The van der Waals surface area contributed by atoms with Crippen molar-refractivity contribution in [3.8, 4) is 0 Å². The molecular formula is C27H24N2O2. The van der Waals surface area contributed by atoms with Crippen LogP contribution in [0.15, 0.2) is 84.9 Å². The first kappa shape index (κ1) is 18.5. The lowest BCUT2D eigenvalue weighted by atomic mass is 9.69. The normalized spacial score (nSPS) is 29.0. The highest BCUT2D eigenvalue weighted by Crippen LogP contribution is 2.61. The molecule has 3 aliphatic rings. The molecule has 1 amide bonds. The lowest BCUT2D eigenvalue weighted by molar-refractivity contribution is -0.127. The lowest BCUT2D eigenvalue weighted by Crippen LogP contribution is -2.52. The number of fused-ring (bicyclic) bond motifs is 4. The number of benzene rings is 3. The fourth-order valence-electron chi connectivity index (χ4n) is 6.35. The molecule has 2 fully saturated rings. The highest BCUT2D eigenvalue weighted by Gasteiger charge is 2.69. The van der Waals surface area contributed by atoms with E-state index in [9.17, 15) is 9.59 Å². The molecule has 31 heavy (non-hydrogen) atoms. The maximum absolute atomic E-state index is 14.2. The maximum Gasteiger partial charge on any atom is 0.250 e.